The minimum Gasteiger partial charge on any atom is -0.493 e. The third kappa shape index (κ3) is 3.03. The maximum atomic E-state index is 5.31. The maximum absolute atomic E-state index is 5.31. The van der Waals surface area contributed by atoms with Gasteiger partial charge in [-0.25, -0.2) is 0 Å². The lowest BCUT2D eigenvalue weighted by atomic mass is 9.97. The number of thioether (sulfide) groups is 1. The standard InChI is InChI=1S/C15H22N2O2S/c1-5-15(6-2)10-20-14(17-15)16-11-7-8-12(18-3)13(9-11)19-4/h7-9H,5-6,10H2,1-4H3,(H,16,17). The highest BCUT2D eigenvalue weighted by atomic mass is 32.2. The number of aliphatic imine (C=N–C) groups is 1. The van der Waals surface area contributed by atoms with Gasteiger partial charge in [0.25, 0.3) is 0 Å². The molecular weight excluding hydrogens is 272 g/mol. The SMILES string of the molecule is CCC1(CC)CSC(Nc2ccc(OC)c(OC)c2)=N1. The molecule has 1 aliphatic rings. The Balaban J connectivity index is 2.15. The number of rotatable bonds is 5. The zero-order valence-corrected chi connectivity index (χ0v) is 13.3. The van der Waals surface area contributed by atoms with Crippen molar-refractivity contribution in [3.63, 3.8) is 0 Å². The molecule has 1 aliphatic heterocycles. The molecule has 0 radical (unpaired) electrons. The molecule has 1 aromatic carbocycles. The Bertz CT molecular complexity index is 499. The van der Waals surface area contributed by atoms with Crippen molar-refractivity contribution >= 4 is 22.6 Å². The predicted octanol–water partition coefficient (Wildman–Crippen LogP) is 3.78. The summed E-state index contributed by atoms with van der Waals surface area (Å²) in [7, 11) is 3.28. The highest BCUT2D eigenvalue weighted by Crippen LogP contribution is 2.35. The summed E-state index contributed by atoms with van der Waals surface area (Å²) in [5, 5.41) is 4.35. The van der Waals surface area contributed by atoms with Gasteiger partial charge in [0.2, 0.25) is 0 Å². The first-order chi connectivity index (χ1) is 9.66. The number of ether oxygens (including phenoxy) is 2. The second kappa shape index (κ2) is 6.39. The lowest BCUT2D eigenvalue weighted by Crippen LogP contribution is -2.24. The molecule has 0 unspecified atom stereocenters. The lowest BCUT2D eigenvalue weighted by Gasteiger charge is -2.20. The molecule has 0 atom stereocenters. The molecule has 2 rings (SSSR count). The third-order valence-corrected chi connectivity index (χ3v) is 4.92. The topological polar surface area (TPSA) is 42.8 Å². The van der Waals surface area contributed by atoms with E-state index in [1.54, 1.807) is 26.0 Å². The zero-order chi connectivity index (χ0) is 14.6. The van der Waals surface area contributed by atoms with Gasteiger partial charge in [0.15, 0.2) is 16.7 Å². The molecule has 0 amide bonds. The van der Waals surface area contributed by atoms with Crippen LogP contribution in [0.2, 0.25) is 0 Å². The molecule has 0 saturated carbocycles. The van der Waals surface area contributed by atoms with E-state index < -0.39 is 0 Å². The Morgan fingerprint density at radius 2 is 1.90 bits per heavy atom. The molecule has 1 N–H and O–H groups in total. The number of hydrogen-bond acceptors (Lipinski definition) is 5. The minimum absolute atomic E-state index is 0.101. The van der Waals surface area contributed by atoms with Gasteiger partial charge in [0.05, 0.1) is 19.8 Å². The summed E-state index contributed by atoms with van der Waals surface area (Å²) < 4.78 is 10.6. The van der Waals surface area contributed by atoms with Gasteiger partial charge in [-0.1, -0.05) is 25.6 Å². The van der Waals surface area contributed by atoms with E-state index in [1.165, 1.54) is 0 Å². The van der Waals surface area contributed by atoms with Gasteiger partial charge >= 0.3 is 0 Å². The Kier molecular flexibility index (Phi) is 4.81. The number of nitrogens with one attached hydrogen (secondary N) is 1. The van der Waals surface area contributed by atoms with E-state index in [1.807, 2.05) is 18.2 Å². The van der Waals surface area contributed by atoms with Crippen molar-refractivity contribution in [2.45, 2.75) is 32.2 Å². The van der Waals surface area contributed by atoms with Crippen molar-refractivity contribution in [3.05, 3.63) is 18.2 Å². The normalized spacial score (nSPS) is 16.7. The van der Waals surface area contributed by atoms with Crippen LogP contribution in [-0.2, 0) is 0 Å². The molecular formula is C15H22N2O2S. The maximum Gasteiger partial charge on any atom is 0.162 e. The second-order valence-electron chi connectivity index (χ2n) is 4.83. The Morgan fingerprint density at radius 3 is 2.45 bits per heavy atom. The molecule has 0 saturated heterocycles. The van der Waals surface area contributed by atoms with Crippen molar-refractivity contribution < 1.29 is 9.47 Å². The Morgan fingerprint density at radius 1 is 1.20 bits per heavy atom. The molecule has 1 aromatic rings. The number of nitrogens with zero attached hydrogens (tertiary/aromatic N) is 1. The van der Waals surface area contributed by atoms with Gasteiger partial charge in [0, 0.05) is 17.5 Å². The van der Waals surface area contributed by atoms with Crippen LogP contribution in [0.5, 0.6) is 11.5 Å². The molecule has 20 heavy (non-hydrogen) atoms. The van der Waals surface area contributed by atoms with Crippen molar-refractivity contribution in [1.82, 2.24) is 0 Å². The summed E-state index contributed by atoms with van der Waals surface area (Å²) in [6.07, 6.45) is 2.15. The largest absolute Gasteiger partial charge is 0.493 e. The summed E-state index contributed by atoms with van der Waals surface area (Å²) in [6.45, 7) is 4.40. The average Bonchev–Trinajstić information content (AvgIpc) is 2.91. The smallest absolute Gasteiger partial charge is 0.162 e. The summed E-state index contributed by atoms with van der Waals surface area (Å²) >= 11 is 1.78. The van der Waals surface area contributed by atoms with E-state index in [-0.39, 0.29) is 5.54 Å². The molecule has 4 nitrogen and oxygen atoms in total. The van der Waals surface area contributed by atoms with E-state index in [4.69, 9.17) is 14.5 Å². The highest BCUT2D eigenvalue weighted by Gasteiger charge is 2.32. The van der Waals surface area contributed by atoms with Crippen molar-refractivity contribution in [1.29, 1.82) is 0 Å². The van der Waals surface area contributed by atoms with E-state index in [9.17, 15) is 0 Å². The lowest BCUT2D eigenvalue weighted by molar-refractivity contribution is 0.355. The summed E-state index contributed by atoms with van der Waals surface area (Å²) in [4.78, 5) is 4.85. The molecule has 0 aromatic heterocycles. The van der Waals surface area contributed by atoms with Crippen LogP contribution in [-0.4, -0.2) is 30.7 Å². The Labute approximate surface area is 125 Å². The molecule has 0 aliphatic carbocycles. The summed E-state index contributed by atoms with van der Waals surface area (Å²) in [5.41, 5.74) is 1.07. The first-order valence-electron chi connectivity index (χ1n) is 6.88. The molecule has 0 spiro atoms. The van der Waals surface area contributed by atoms with Gasteiger partial charge in [-0.15, -0.1) is 0 Å². The molecule has 0 bridgehead atoms. The molecule has 5 heteroatoms. The fraction of sp³-hybridized carbons (Fsp3) is 0.533. The van der Waals surface area contributed by atoms with E-state index in [2.05, 4.69) is 19.2 Å². The van der Waals surface area contributed by atoms with Crippen LogP contribution in [0.1, 0.15) is 26.7 Å². The van der Waals surface area contributed by atoms with Gasteiger partial charge in [-0.3, -0.25) is 4.99 Å². The van der Waals surface area contributed by atoms with Crippen LogP contribution in [0.4, 0.5) is 5.69 Å². The third-order valence-electron chi connectivity index (χ3n) is 3.77. The predicted molar refractivity (Wildman–Crippen MR) is 86.4 cm³/mol. The fourth-order valence-corrected chi connectivity index (χ4v) is 3.52. The van der Waals surface area contributed by atoms with Crippen molar-refractivity contribution in [3.8, 4) is 11.5 Å². The minimum atomic E-state index is 0.101. The van der Waals surface area contributed by atoms with Crippen LogP contribution in [0.15, 0.2) is 23.2 Å². The summed E-state index contributed by atoms with van der Waals surface area (Å²) in [6, 6.07) is 5.80. The number of anilines is 1. The number of hydrogen-bond donors (Lipinski definition) is 1. The number of benzene rings is 1. The molecule has 110 valence electrons. The van der Waals surface area contributed by atoms with Crippen LogP contribution < -0.4 is 14.8 Å². The fourth-order valence-electron chi connectivity index (χ4n) is 2.20. The average molecular weight is 294 g/mol. The Hall–Kier alpha value is -1.36. The van der Waals surface area contributed by atoms with Crippen LogP contribution in [0.25, 0.3) is 0 Å². The molecule has 1 heterocycles. The molecule has 0 fully saturated rings. The van der Waals surface area contributed by atoms with E-state index >= 15 is 0 Å². The van der Waals surface area contributed by atoms with Crippen LogP contribution in [0.3, 0.4) is 0 Å². The van der Waals surface area contributed by atoms with Crippen LogP contribution in [0, 0.1) is 0 Å². The van der Waals surface area contributed by atoms with E-state index in [0.29, 0.717) is 0 Å². The zero-order valence-electron chi connectivity index (χ0n) is 12.5. The first kappa shape index (κ1) is 15.0. The highest BCUT2D eigenvalue weighted by molar-refractivity contribution is 8.14. The van der Waals surface area contributed by atoms with Gasteiger partial charge in [0.1, 0.15) is 0 Å². The van der Waals surface area contributed by atoms with E-state index in [0.717, 1.165) is 40.9 Å². The van der Waals surface area contributed by atoms with Gasteiger partial charge in [-0.2, -0.15) is 0 Å². The number of methoxy groups -OCH3 is 2. The monoisotopic (exact) mass is 294 g/mol. The second-order valence-corrected chi connectivity index (χ2v) is 5.80. The quantitative estimate of drug-likeness (QED) is 0.897. The number of amidine groups is 1. The van der Waals surface area contributed by atoms with Crippen molar-refractivity contribution in [2.75, 3.05) is 25.3 Å². The van der Waals surface area contributed by atoms with Gasteiger partial charge in [-0.05, 0) is 25.0 Å². The summed E-state index contributed by atoms with van der Waals surface area (Å²) in [5.74, 6) is 2.50. The van der Waals surface area contributed by atoms with Crippen LogP contribution >= 0.6 is 11.8 Å². The van der Waals surface area contributed by atoms with Crippen molar-refractivity contribution in [2.24, 2.45) is 4.99 Å². The first-order valence-corrected chi connectivity index (χ1v) is 7.86. The van der Waals surface area contributed by atoms with Gasteiger partial charge < -0.3 is 14.8 Å².